The molecule has 0 bridgehead atoms. The molecular formula is C22H20F4N4O2. The summed E-state index contributed by atoms with van der Waals surface area (Å²) in [5.74, 6) is -0.593. The van der Waals surface area contributed by atoms with Crippen molar-refractivity contribution in [1.29, 1.82) is 0 Å². The number of nitrogens with zero attached hydrogens (tertiary/aromatic N) is 4. The number of hydrogen-bond acceptors (Lipinski definition) is 4. The van der Waals surface area contributed by atoms with Gasteiger partial charge in [0.05, 0.1) is 11.8 Å². The van der Waals surface area contributed by atoms with Gasteiger partial charge in [-0.25, -0.2) is 4.39 Å². The van der Waals surface area contributed by atoms with Gasteiger partial charge < -0.3 is 9.64 Å². The second kappa shape index (κ2) is 7.75. The number of pyridine rings is 1. The van der Waals surface area contributed by atoms with Crippen LogP contribution >= 0.6 is 0 Å². The summed E-state index contributed by atoms with van der Waals surface area (Å²) < 4.78 is 59.7. The number of allylic oxidation sites excluding steroid dienone is 2. The smallest absolute Gasteiger partial charge is 0.408 e. The Balaban J connectivity index is 1.54. The minimum absolute atomic E-state index is 0.0136. The Bertz CT molecular complexity index is 1140. The quantitative estimate of drug-likeness (QED) is 0.665. The van der Waals surface area contributed by atoms with E-state index in [1.165, 1.54) is 23.4 Å². The highest BCUT2D eigenvalue weighted by molar-refractivity contribution is 5.98. The summed E-state index contributed by atoms with van der Waals surface area (Å²) in [5.41, 5.74) is 1.18. The van der Waals surface area contributed by atoms with Gasteiger partial charge in [0.2, 0.25) is 0 Å². The zero-order valence-electron chi connectivity index (χ0n) is 16.9. The highest BCUT2D eigenvalue weighted by Crippen LogP contribution is 2.39. The zero-order valence-corrected chi connectivity index (χ0v) is 16.9. The van der Waals surface area contributed by atoms with Gasteiger partial charge in [0.25, 0.3) is 5.91 Å². The number of rotatable bonds is 3. The van der Waals surface area contributed by atoms with E-state index in [-0.39, 0.29) is 49.2 Å². The third kappa shape index (κ3) is 3.78. The number of hydrogen-bond donors (Lipinski definition) is 0. The molecule has 2 aromatic heterocycles. The summed E-state index contributed by atoms with van der Waals surface area (Å²) in [7, 11) is 0. The van der Waals surface area contributed by atoms with Gasteiger partial charge in [-0.1, -0.05) is 18.2 Å². The number of halogens is 4. The normalized spacial score (nSPS) is 23.4. The second-order valence-corrected chi connectivity index (χ2v) is 8.14. The number of carbonyl (C=O) groups excluding carboxylic acids is 1. The van der Waals surface area contributed by atoms with Crippen LogP contribution in [-0.2, 0) is 11.3 Å². The van der Waals surface area contributed by atoms with Crippen molar-refractivity contribution in [3.05, 3.63) is 54.2 Å². The minimum atomic E-state index is -4.50. The Morgan fingerprint density at radius 1 is 1.19 bits per heavy atom. The van der Waals surface area contributed by atoms with E-state index in [0.29, 0.717) is 16.7 Å². The summed E-state index contributed by atoms with van der Waals surface area (Å²) in [6.45, 7) is -0.799. The first kappa shape index (κ1) is 20.7. The van der Waals surface area contributed by atoms with Crippen LogP contribution in [0.3, 0.4) is 0 Å². The van der Waals surface area contributed by atoms with Gasteiger partial charge in [-0.3, -0.25) is 14.5 Å². The molecule has 3 aliphatic rings. The fourth-order valence-electron chi connectivity index (χ4n) is 4.34. The average Bonchev–Trinajstić information content (AvgIpc) is 3.34. The van der Waals surface area contributed by atoms with Gasteiger partial charge in [-0.2, -0.15) is 18.3 Å². The molecule has 0 spiro atoms. The van der Waals surface area contributed by atoms with Crippen LogP contribution < -0.4 is 0 Å². The van der Waals surface area contributed by atoms with E-state index in [2.05, 4.69) is 10.1 Å². The fourth-order valence-corrected chi connectivity index (χ4v) is 4.34. The molecule has 2 aliphatic heterocycles. The predicted octanol–water partition coefficient (Wildman–Crippen LogP) is 4.05. The third-order valence-corrected chi connectivity index (χ3v) is 5.96. The number of aromatic nitrogens is 3. The van der Waals surface area contributed by atoms with E-state index >= 15 is 0 Å². The van der Waals surface area contributed by atoms with Crippen LogP contribution in [-0.4, -0.2) is 57.1 Å². The average molecular weight is 448 g/mol. The first-order valence-corrected chi connectivity index (χ1v) is 10.4. The van der Waals surface area contributed by atoms with E-state index in [4.69, 9.17) is 4.74 Å². The van der Waals surface area contributed by atoms with Gasteiger partial charge in [0.15, 0.2) is 0 Å². The van der Waals surface area contributed by atoms with Crippen molar-refractivity contribution in [3.8, 4) is 0 Å². The van der Waals surface area contributed by atoms with Gasteiger partial charge in [0.1, 0.15) is 30.2 Å². The van der Waals surface area contributed by atoms with Gasteiger partial charge >= 0.3 is 6.18 Å². The number of ether oxygens (including phenoxy) is 1. The highest BCUT2D eigenvalue weighted by Gasteiger charge is 2.35. The molecule has 10 heteroatoms. The van der Waals surface area contributed by atoms with Crippen LogP contribution in [0.15, 0.2) is 42.8 Å². The van der Waals surface area contributed by atoms with Crippen LogP contribution in [0.5, 0.6) is 0 Å². The Hall–Kier alpha value is -3.17. The number of likely N-dealkylation sites (tertiary alicyclic amines) is 1. The molecule has 1 saturated heterocycles. The van der Waals surface area contributed by atoms with Crippen LogP contribution in [0.4, 0.5) is 17.6 Å². The molecule has 32 heavy (non-hydrogen) atoms. The number of carbonyl (C=O) groups is 1. The lowest BCUT2D eigenvalue weighted by Gasteiger charge is -2.28. The van der Waals surface area contributed by atoms with Crippen LogP contribution in [0.25, 0.3) is 16.5 Å². The van der Waals surface area contributed by atoms with Crippen molar-refractivity contribution in [2.75, 3.05) is 13.1 Å². The first-order valence-electron chi connectivity index (χ1n) is 10.4. The van der Waals surface area contributed by atoms with Crippen molar-refractivity contribution in [2.24, 2.45) is 5.92 Å². The lowest BCUT2D eigenvalue weighted by atomic mass is 9.89. The van der Waals surface area contributed by atoms with E-state index < -0.39 is 24.8 Å². The molecule has 0 aromatic carbocycles. The Morgan fingerprint density at radius 3 is 2.69 bits per heavy atom. The molecule has 1 amide bonds. The van der Waals surface area contributed by atoms with Crippen molar-refractivity contribution < 1.29 is 27.1 Å². The minimum Gasteiger partial charge on any atom is -0.493 e. The van der Waals surface area contributed by atoms with Gasteiger partial charge in [-0.15, -0.1) is 0 Å². The molecule has 2 unspecified atom stereocenters. The Kier molecular flexibility index (Phi) is 5.02. The maximum absolute atomic E-state index is 13.4. The maximum Gasteiger partial charge on any atom is 0.408 e. The fraction of sp³-hybridized carbons (Fsp3) is 0.409. The molecule has 0 N–H and O–H groups in total. The number of alkyl halides is 4. The molecule has 6 nitrogen and oxygen atoms in total. The predicted molar refractivity (Wildman–Crippen MR) is 108 cm³/mol. The monoisotopic (exact) mass is 448 g/mol. The van der Waals surface area contributed by atoms with Crippen molar-refractivity contribution in [1.82, 2.24) is 19.7 Å². The molecule has 1 aliphatic carbocycles. The van der Waals surface area contributed by atoms with Crippen LogP contribution in [0.2, 0.25) is 0 Å². The van der Waals surface area contributed by atoms with E-state index in [1.807, 2.05) is 24.3 Å². The standard InChI is InChI=1S/C22H20F4N4O2/c23-13-5-7-29(8-6-13)21(31)17-9-18-15(10-27-17)20(28-30(18)12-22(24,25)26)16-11-32-19-4-2-1-3-14(16)19/h1-4,9-11,13-14,19H,5-8,12H2. The van der Waals surface area contributed by atoms with E-state index in [9.17, 15) is 22.4 Å². The number of fused-ring (bicyclic) bond motifs is 2. The van der Waals surface area contributed by atoms with Gasteiger partial charge in [0, 0.05) is 36.2 Å². The molecule has 0 radical (unpaired) electrons. The molecule has 168 valence electrons. The summed E-state index contributed by atoms with van der Waals surface area (Å²) in [6.07, 6.45) is 5.21. The molecule has 2 atom stereocenters. The molecule has 4 heterocycles. The van der Waals surface area contributed by atoms with Crippen LogP contribution in [0.1, 0.15) is 29.0 Å². The molecule has 5 rings (SSSR count). The zero-order chi connectivity index (χ0) is 22.5. The lowest BCUT2D eigenvalue weighted by molar-refractivity contribution is -0.141. The van der Waals surface area contributed by atoms with E-state index in [0.717, 1.165) is 4.68 Å². The topological polar surface area (TPSA) is 60.2 Å². The molecular weight excluding hydrogens is 428 g/mol. The Morgan fingerprint density at radius 2 is 1.94 bits per heavy atom. The maximum atomic E-state index is 13.4. The summed E-state index contributed by atoms with van der Waals surface area (Å²) in [6, 6.07) is 1.34. The lowest BCUT2D eigenvalue weighted by Crippen LogP contribution is -2.39. The van der Waals surface area contributed by atoms with Crippen LogP contribution in [0, 0.1) is 5.92 Å². The SMILES string of the molecule is O=C(c1cc2c(cn1)c(C1=COC3C=CC=CC13)nn2CC(F)(F)F)N1CCC(F)CC1. The number of piperidine rings is 1. The first-order chi connectivity index (χ1) is 15.3. The summed E-state index contributed by atoms with van der Waals surface area (Å²) in [5, 5.41) is 4.66. The second-order valence-electron chi connectivity index (χ2n) is 8.14. The largest absolute Gasteiger partial charge is 0.493 e. The van der Waals surface area contributed by atoms with Crippen molar-refractivity contribution >= 4 is 22.4 Å². The van der Waals surface area contributed by atoms with E-state index in [1.54, 1.807) is 0 Å². The highest BCUT2D eigenvalue weighted by atomic mass is 19.4. The van der Waals surface area contributed by atoms with Gasteiger partial charge in [-0.05, 0) is 25.0 Å². The Labute approximate surface area is 180 Å². The molecule has 2 aromatic rings. The summed E-state index contributed by atoms with van der Waals surface area (Å²) in [4.78, 5) is 18.5. The third-order valence-electron chi connectivity index (χ3n) is 5.96. The van der Waals surface area contributed by atoms with Crippen molar-refractivity contribution in [2.45, 2.75) is 37.8 Å². The molecule has 1 fully saturated rings. The van der Waals surface area contributed by atoms with Crippen molar-refractivity contribution in [3.63, 3.8) is 0 Å². The summed E-state index contributed by atoms with van der Waals surface area (Å²) >= 11 is 0. The number of amides is 1. The molecule has 0 saturated carbocycles.